The predicted molar refractivity (Wildman–Crippen MR) is 84.4 cm³/mol. The van der Waals surface area contributed by atoms with Gasteiger partial charge in [-0.15, -0.1) is 11.6 Å². The summed E-state index contributed by atoms with van der Waals surface area (Å²) < 4.78 is 24.4. The Morgan fingerprint density at radius 2 is 2.05 bits per heavy atom. The van der Waals surface area contributed by atoms with E-state index in [1.165, 1.54) is 6.07 Å². The molecule has 0 heterocycles. The SMILES string of the molecule is CC(C)CCOCCOc1cc(C#CCCCl)ccc1F. The minimum Gasteiger partial charge on any atom is -0.488 e. The third-order valence-electron chi connectivity index (χ3n) is 2.71. The van der Waals surface area contributed by atoms with E-state index in [-0.39, 0.29) is 11.6 Å². The Balaban J connectivity index is 2.40. The van der Waals surface area contributed by atoms with Crippen LogP contribution in [0.5, 0.6) is 5.75 Å². The molecule has 0 unspecified atom stereocenters. The zero-order valence-electron chi connectivity index (χ0n) is 12.6. The van der Waals surface area contributed by atoms with Gasteiger partial charge < -0.3 is 9.47 Å². The van der Waals surface area contributed by atoms with Crippen molar-refractivity contribution in [1.82, 2.24) is 0 Å². The van der Waals surface area contributed by atoms with Gasteiger partial charge in [-0.05, 0) is 30.5 Å². The van der Waals surface area contributed by atoms with Gasteiger partial charge in [-0.3, -0.25) is 0 Å². The lowest BCUT2D eigenvalue weighted by molar-refractivity contribution is 0.0913. The van der Waals surface area contributed by atoms with E-state index in [1.807, 2.05) is 0 Å². The second kappa shape index (κ2) is 10.5. The summed E-state index contributed by atoms with van der Waals surface area (Å²) in [5.74, 6) is 6.76. The van der Waals surface area contributed by atoms with Gasteiger partial charge in [0.05, 0.1) is 6.61 Å². The van der Waals surface area contributed by atoms with Gasteiger partial charge in [-0.1, -0.05) is 25.7 Å². The number of hydrogen-bond donors (Lipinski definition) is 0. The van der Waals surface area contributed by atoms with Crippen molar-refractivity contribution in [1.29, 1.82) is 0 Å². The zero-order valence-corrected chi connectivity index (χ0v) is 13.4. The maximum atomic E-state index is 13.6. The van der Waals surface area contributed by atoms with E-state index in [0.29, 0.717) is 38.0 Å². The van der Waals surface area contributed by atoms with E-state index in [2.05, 4.69) is 25.7 Å². The van der Waals surface area contributed by atoms with Gasteiger partial charge in [0.2, 0.25) is 0 Å². The van der Waals surface area contributed by atoms with E-state index in [9.17, 15) is 4.39 Å². The molecule has 0 atom stereocenters. The predicted octanol–water partition coefficient (Wildman–Crippen LogP) is 4.25. The number of halogens is 2. The van der Waals surface area contributed by atoms with E-state index in [4.69, 9.17) is 21.1 Å². The lowest BCUT2D eigenvalue weighted by atomic mass is 10.1. The topological polar surface area (TPSA) is 18.5 Å². The molecule has 1 aromatic carbocycles. The maximum absolute atomic E-state index is 13.6. The van der Waals surface area contributed by atoms with E-state index in [0.717, 1.165) is 12.0 Å². The van der Waals surface area contributed by atoms with Crippen molar-refractivity contribution in [2.24, 2.45) is 5.92 Å². The van der Waals surface area contributed by atoms with Crippen molar-refractivity contribution in [2.45, 2.75) is 26.7 Å². The smallest absolute Gasteiger partial charge is 0.165 e. The molecule has 0 aliphatic carbocycles. The van der Waals surface area contributed by atoms with Gasteiger partial charge >= 0.3 is 0 Å². The first-order valence-corrected chi connectivity index (χ1v) is 7.72. The van der Waals surface area contributed by atoms with Crippen molar-refractivity contribution < 1.29 is 13.9 Å². The van der Waals surface area contributed by atoms with Gasteiger partial charge in [-0.2, -0.15) is 0 Å². The fourth-order valence-corrected chi connectivity index (χ4v) is 1.63. The quantitative estimate of drug-likeness (QED) is 0.406. The molecule has 0 saturated heterocycles. The molecule has 0 aliphatic rings. The van der Waals surface area contributed by atoms with E-state index < -0.39 is 0 Å². The molecule has 0 aliphatic heterocycles. The first-order valence-electron chi connectivity index (χ1n) is 7.18. The molecule has 0 amide bonds. The van der Waals surface area contributed by atoms with Crippen molar-refractivity contribution in [3.8, 4) is 17.6 Å². The summed E-state index contributed by atoms with van der Waals surface area (Å²) in [6, 6.07) is 4.59. The Morgan fingerprint density at radius 1 is 1.24 bits per heavy atom. The lowest BCUT2D eigenvalue weighted by Crippen LogP contribution is -2.09. The van der Waals surface area contributed by atoms with Crippen LogP contribution >= 0.6 is 11.6 Å². The van der Waals surface area contributed by atoms with Crippen molar-refractivity contribution in [2.75, 3.05) is 25.7 Å². The maximum Gasteiger partial charge on any atom is 0.165 e. The Morgan fingerprint density at radius 3 is 2.76 bits per heavy atom. The summed E-state index contributed by atoms with van der Waals surface area (Å²) in [6.07, 6.45) is 1.62. The van der Waals surface area contributed by atoms with Crippen molar-refractivity contribution >= 4 is 11.6 Å². The molecular weight excluding hydrogens is 291 g/mol. The molecule has 0 spiro atoms. The highest BCUT2D eigenvalue weighted by atomic mass is 35.5. The zero-order chi connectivity index (χ0) is 15.5. The molecule has 0 radical (unpaired) electrons. The Labute approximate surface area is 131 Å². The third kappa shape index (κ3) is 7.94. The fraction of sp³-hybridized carbons (Fsp3) is 0.529. The monoisotopic (exact) mass is 312 g/mol. The summed E-state index contributed by atoms with van der Waals surface area (Å²) in [6.45, 7) is 5.77. The summed E-state index contributed by atoms with van der Waals surface area (Å²) >= 11 is 5.55. The normalized spacial score (nSPS) is 10.3. The van der Waals surface area contributed by atoms with Crippen LogP contribution in [0.1, 0.15) is 32.3 Å². The van der Waals surface area contributed by atoms with Crippen molar-refractivity contribution in [3.05, 3.63) is 29.6 Å². The van der Waals surface area contributed by atoms with Crippen LogP contribution in [0.2, 0.25) is 0 Å². The lowest BCUT2D eigenvalue weighted by Gasteiger charge is -2.09. The first-order chi connectivity index (χ1) is 10.1. The van der Waals surface area contributed by atoms with Gasteiger partial charge in [0, 0.05) is 24.5 Å². The number of rotatable bonds is 8. The van der Waals surface area contributed by atoms with Crippen LogP contribution in [-0.2, 0) is 4.74 Å². The van der Waals surface area contributed by atoms with Gasteiger partial charge in [-0.25, -0.2) is 4.39 Å². The summed E-state index contributed by atoms with van der Waals surface area (Å²) in [5, 5.41) is 0. The summed E-state index contributed by atoms with van der Waals surface area (Å²) in [5.41, 5.74) is 0.720. The van der Waals surface area contributed by atoms with Crippen LogP contribution in [0.15, 0.2) is 18.2 Å². The molecule has 0 fully saturated rings. The average molecular weight is 313 g/mol. The molecule has 2 nitrogen and oxygen atoms in total. The second-order valence-electron chi connectivity index (χ2n) is 5.03. The fourth-order valence-electron chi connectivity index (χ4n) is 1.54. The van der Waals surface area contributed by atoms with Crippen LogP contribution in [0.4, 0.5) is 4.39 Å². The molecule has 116 valence electrons. The first kappa shape index (κ1) is 17.8. The van der Waals surface area contributed by atoms with Gasteiger partial charge in [0.15, 0.2) is 11.6 Å². The van der Waals surface area contributed by atoms with Crippen LogP contribution in [0.3, 0.4) is 0 Å². The Hall–Kier alpha value is -1.24. The number of alkyl halides is 1. The van der Waals surface area contributed by atoms with Crippen LogP contribution in [0, 0.1) is 23.6 Å². The van der Waals surface area contributed by atoms with Crippen LogP contribution in [-0.4, -0.2) is 25.7 Å². The molecule has 1 rings (SSSR count). The highest BCUT2D eigenvalue weighted by Crippen LogP contribution is 2.18. The number of ether oxygens (including phenoxy) is 2. The molecule has 21 heavy (non-hydrogen) atoms. The molecule has 0 bridgehead atoms. The van der Waals surface area contributed by atoms with Gasteiger partial charge in [0.25, 0.3) is 0 Å². The van der Waals surface area contributed by atoms with E-state index >= 15 is 0 Å². The molecule has 0 N–H and O–H groups in total. The second-order valence-corrected chi connectivity index (χ2v) is 5.41. The third-order valence-corrected chi connectivity index (χ3v) is 2.90. The number of benzene rings is 1. The highest BCUT2D eigenvalue weighted by molar-refractivity contribution is 6.18. The Kier molecular flexibility index (Phi) is 8.89. The minimum atomic E-state index is -0.389. The molecule has 0 aromatic heterocycles. The molecule has 0 saturated carbocycles. The minimum absolute atomic E-state index is 0.208. The van der Waals surface area contributed by atoms with Crippen LogP contribution < -0.4 is 4.74 Å². The molecule has 1 aromatic rings. The summed E-state index contributed by atoms with van der Waals surface area (Å²) in [7, 11) is 0. The average Bonchev–Trinajstić information content (AvgIpc) is 2.45. The highest BCUT2D eigenvalue weighted by Gasteiger charge is 2.04. The molecular formula is C17H22ClFO2. The standard InChI is InChI=1S/C17H22ClFO2/c1-14(2)8-10-20-11-12-21-17-13-15(5-3-4-9-18)6-7-16(17)19/h6-7,13-14H,4,8-12H2,1-2H3. The van der Waals surface area contributed by atoms with Crippen LogP contribution in [0.25, 0.3) is 0 Å². The van der Waals surface area contributed by atoms with Gasteiger partial charge in [0.1, 0.15) is 6.61 Å². The molecule has 4 heteroatoms. The Bertz CT molecular complexity index is 477. The summed E-state index contributed by atoms with van der Waals surface area (Å²) in [4.78, 5) is 0. The largest absolute Gasteiger partial charge is 0.488 e. The number of hydrogen-bond acceptors (Lipinski definition) is 2. The van der Waals surface area contributed by atoms with Crippen molar-refractivity contribution in [3.63, 3.8) is 0 Å². The van der Waals surface area contributed by atoms with E-state index in [1.54, 1.807) is 12.1 Å².